The van der Waals surface area contributed by atoms with Crippen molar-refractivity contribution in [1.29, 1.82) is 0 Å². The zero-order valence-electron chi connectivity index (χ0n) is 48.2. The van der Waals surface area contributed by atoms with Crippen molar-refractivity contribution in [3.63, 3.8) is 0 Å². The average molecular weight is 1060 g/mol. The molecule has 1 saturated carbocycles. The highest BCUT2D eigenvalue weighted by Crippen LogP contribution is 2.39. The Kier molecular flexibility index (Phi) is 25.1. The fourth-order valence-corrected chi connectivity index (χ4v) is 12.2. The van der Waals surface area contributed by atoms with Crippen LogP contribution in [0.2, 0.25) is 18.1 Å². The number of cyclic esters (lactones) is 1. The van der Waals surface area contributed by atoms with E-state index in [1.165, 1.54) is 12.0 Å². The van der Waals surface area contributed by atoms with Crippen LogP contribution in [-0.4, -0.2) is 143 Å². The Bertz CT molecular complexity index is 1940. The maximum Gasteiger partial charge on any atom is 0.329 e. The molecule has 15 atom stereocenters. The number of rotatable bonds is 11. The summed E-state index contributed by atoms with van der Waals surface area (Å²) in [5.41, 5.74) is 1.52. The topological polar surface area (TPSA) is 177 Å². The lowest BCUT2D eigenvalue weighted by molar-refractivity contribution is -0.265. The maximum atomic E-state index is 14.6. The summed E-state index contributed by atoms with van der Waals surface area (Å²) in [6, 6.07) is -1.02. The summed E-state index contributed by atoms with van der Waals surface area (Å²) in [5.74, 6) is -6.02. The van der Waals surface area contributed by atoms with E-state index in [0.29, 0.717) is 76.6 Å². The third-order valence-corrected chi connectivity index (χ3v) is 21.7. The van der Waals surface area contributed by atoms with E-state index in [9.17, 15) is 29.4 Å². The molecule has 4 aliphatic rings. The molecule has 4 rings (SSSR count). The SMILES string of the molecule is CO[C@H]1C[C@@H]2CC[C@@H](C)[C@@](O)(O2)C(=O)C(=O)N2CCCC[C@H]2C(=O)O[C@H]([C@H](C)C[C@@H]2CC[C@@H](OCCO[Si](C)(C)C(C)(C)C)[C@H](OC)C2)CC[C@H](C)/C=C(\C)[C@@H](O)[C@@H](OC)C(=O)[C@H](C)C[C@H](C)/C=C/C=C/C=C/1C. The summed E-state index contributed by atoms with van der Waals surface area (Å²) >= 11 is 0. The van der Waals surface area contributed by atoms with Gasteiger partial charge in [-0.15, -0.1) is 0 Å². The number of ether oxygens (including phenoxy) is 6. The van der Waals surface area contributed by atoms with Gasteiger partial charge in [0.05, 0.1) is 37.6 Å². The monoisotopic (exact) mass is 1060 g/mol. The molecule has 2 bridgehead atoms. The minimum atomic E-state index is -2.38. The van der Waals surface area contributed by atoms with Crippen molar-refractivity contribution in [3.05, 3.63) is 47.6 Å². The normalized spacial score (nSPS) is 37.4. The van der Waals surface area contributed by atoms with E-state index < -0.39 is 74.2 Å². The smallest absolute Gasteiger partial charge is 0.329 e. The second kappa shape index (κ2) is 29.2. The van der Waals surface area contributed by atoms with Crippen LogP contribution in [0.1, 0.15) is 153 Å². The van der Waals surface area contributed by atoms with Crippen LogP contribution < -0.4 is 0 Å². The van der Waals surface area contributed by atoms with Gasteiger partial charge in [0, 0.05) is 46.1 Å². The summed E-state index contributed by atoms with van der Waals surface area (Å²) in [7, 11) is 2.89. The lowest BCUT2D eigenvalue weighted by Gasteiger charge is -2.42. The van der Waals surface area contributed by atoms with Crippen LogP contribution in [0.3, 0.4) is 0 Å². The van der Waals surface area contributed by atoms with Crippen molar-refractivity contribution >= 4 is 31.8 Å². The summed E-state index contributed by atoms with van der Waals surface area (Å²) < 4.78 is 43.1. The molecule has 0 aromatic rings. The zero-order chi connectivity index (χ0) is 55.1. The van der Waals surface area contributed by atoms with E-state index in [0.717, 1.165) is 31.3 Å². The molecule has 0 radical (unpaired) electrons. The Hall–Kier alpha value is -2.86. The van der Waals surface area contributed by atoms with Crippen molar-refractivity contribution in [3.8, 4) is 0 Å². The highest BCUT2D eigenvalue weighted by Gasteiger charge is 2.53. The van der Waals surface area contributed by atoms with Gasteiger partial charge in [0.25, 0.3) is 11.7 Å². The van der Waals surface area contributed by atoms with E-state index in [4.69, 9.17) is 32.8 Å². The zero-order valence-corrected chi connectivity index (χ0v) is 49.2. The fraction of sp³-hybridized carbons (Fsp3) is 0.797. The van der Waals surface area contributed by atoms with Crippen LogP contribution in [0.4, 0.5) is 0 Å². The van der Waals surface area contributed by atoms with Gasteiger partial charge in [0.1, 0.15) is 24.4 Å². The summed E-state index contributed by atoms with van der Waals surface area (Å²) in [6.07, 6.45) is 15.7. The average Bonchev–Trinajstić information content (AvgIpc) is 3.35. The van der Waals surface area contributed by atoms with Crippen LogP contribution in [0.5, 0.6) is 0 Å². The lowest BCUT2D eigenvalue weighted by Crippen LogP contribution is -2.61. The summed E-state index contributed by atoms with van der Waals surface area (Å²) in [5, 5.41) is 23.7. The molecule has 3 aliphatic heterocycles. The Morgan fingerprint density at radius 1 is 0.811 bits per heavy atom. The largest absolute Gasteiger partial charge is 0.461 e. The van der Waals surface area contributed by atoms with Gasteiger partial charge in [0.15, 0.2) is 14.1 Å². The van der Waals surface area contributed by atoms with Gasteiger partial charge in [-0.2, -0.15) is 0 Å². The van der Waals surface area contributed by atoms with Gasteiger partial charge >= 0.3 is 5.97 Å². The standard InChI is InChI=1S/C59H99NO13Si/c1-38-21-17-16-18-22-40(3)50(67-11)37-46-27-25-44(7)59(66,73-46)55(63)56(64)60-30-20-19-23-47(60)57(65)72-48(28-24-39(2)34-43(6)53(62)54(69-13)52(61)42(5)33-38)41(4)35-45-26-29-49(51(36-45)68-12)70-31-32-71-74(14,15)58(8,9)10/h16-18,21-22,34,38-39,41-42,44-51,53-54,62,66H,19-20,23-33,35-37H2,1-15H3/b18-16+,21-17+,40-22+,43-34+/t38-,39+,41-,42-,44-,45+,46+,47+,48+,49-,50+,51-,53-,54+,59-/m1/s1. The number of aliphatic hydroxyl groups excluding tert-OH is 1. The molecule has 74 heavy (non-hydrogen) atoms. The number of Topliss-reactive ketones (excluding diaryl/α,β-unsaturated/α-hetero) is 2. The number of piperidine rings is 1. The Balaban J connectivity index is 1.62. The molecule has 422 valence electrons. The number of amides is 1. The highest BCUT2D eigenvalue weighted by atomic mass is 28.4. The number of ketones is 2. The molecule has 0 aromatic carbocycles. The van der Waals surface area contributed by atoms with Gasteiger partial charge in [-0.25, -0.2) is 4.79 Å². The van der Waals surface area contributed by atoms with Crippen LogP contribution in [0.25, 0.3) is 0 Å². The van der Waals surface area contributed by atoms with Crippen molar-refractivity contribution in [1.82, 2.24) is 4.90 Å². The molecule has 3 heterocycles. The number of esters is 1. The van der Waals surface area contributed by atoms with Crippen LogP contribution in [0.15, 0.2) is 47.6 Å². The molecular weight excluding hydrogens is 959 g/mol. The highest BCUT2D eigenvalue weighted by molar-refractivity contribution is 6.74. The number of methoxy groups -OCH3 is 3. The van der Waals surface area contributed by atoms with Crippen molar-refractivity contribution in [2.45, 2.75) is 225 Å². The second-order valence-electron chi connectivity index (χ2n) is 24.1. The Labute approximate surface area is 446 Å². The maximum absolute atomic E-state index is 14.6. The number of carbonyl (C=O) groups excluding carboxylic acids is 4. The number of nitrogens with zero attached hydrogens (tertiary/aromatic N) is 1. The van der Waals surface area contributed by atoms with Gasteiger partial charge in [-0.1, -0.05) is 91.8 Å². The quantitative estimate of drug-likeness (QED) is 0.0658. The molecule has 1 amide bonds. The molecule has 2 N–H and O–H groups in total. The van der Waals surface area contributed by atoms with E-state index in [2.05, 4.69) is 47.7 Å². The minimum absolute atomic E-state index is 0.0550. The van der Waals surface area contributed by atoms with Crippen molar-refractivity contribution < 1.29 is 62.2 Å². The van der Waals surface area contributed by atoms with Crippen LogP contribution in [-0.2, 0) is 52.0 Å². The van der Waals surface area contributed by atoms with Crippen LogP contribution >= 0.6 is 0 Å². The molecule has 14 nitrogen and oxygen atoms in total. The number of aliphatic hydroxyl groups is 2. The molecule has 3 fully saturated rings. The number of allylic oxidation sites excluding steroid dienone is 6. The first kappa shape index (κ1) is 63.7. The molecule has 0 aromatic heterocycles. The molecule has 0 spiro atoms. The number of fused-ring (bicyclic) bond motifs is 3. The van der Waals surface area contributed by atoms with E-state index in [1.807, 2.05) is 64.2 Å². The summed E-state index contributed by atoms with van der Waals surface area (Å²) in [6.45, 7) is 25.9. The van der Waals surface area contributed by atoms with Gasteiger partial charge in [-0.3, -0.25) is 14.4 Å². The lowest BCUT2D eigenvalue weighted by atomic mass is 9.78. The van der Waals surface area contributed by atoms with E-state index >= 15 is 0 Å². The number of carbonyl (C=O) groups is 4. The Morgan fingerprint density at radius 2 is 1.53 bits per heavy atom. The first-order valence-corrected chi connectivity index (χ1v) is 30.9. The fourth-order valence-electron chi connectivity index (χ4n) is 11.2. The molecular formula is C59H99NO13Si. The summed E-state index contributed by atoms with van der Waals surface area (Å²) in [4.78, 5) is 58.5. The first-order valence-electron chi connectivity index (χ1n) is 28.0. The Morgan fingerprint density at radius 3 is 2.19 bits per heavy atom. The number of hydrogen-bond acceptors (Lipinski definition) is 13. The number of hydrogen-bond donors (Lipinski definition) is 2. The third-order valence-electron chi connectivity index (χ3n) is 17.2. The predicted molar refractivity (Wildman–Crippen MR) is 292 cm³/mol. The molecule has 1 aliphatic carbocycles. The predicted octanol–water partition coefficient (Wildman–Crippen LogP) is 10.0. The first-order chi connectivity index (χ1) is 34.8. The van der Waals surface area contributed by atoms with Gasteiger partial charge in [0.2, 0.25) is 5.79 Å². The second-order valence-corrected chi connectivity index (χ2v) is 28.9. The van der Waals surface area contributed by atoms with Crippen molar-refractivity contribution in [2.24, 2.45) is 35.5 Å². The van der Waals surface area contributed by atoms with Gasteiger partial charge < -0.3 is 48.0 Å². The minimum Gasteiger partial charge on any atom is -0.461 e. The van der Waals surface area contributed by atoms with Crippen LogP contribution in [0, 0.1) is 35.5 Å². The van der Waals surface area contributed by atoms with E-state index in [-0.39, 0.29) is 59.2 Å². The third kappa shape index (κ3) is 17.6. The molecule has 2 saturated heterocycles. The molecule has 0 unspecified atom stereocenters. The molecule has 15 heteroatoms. The van der Waals surface area contributed by atoms with Crippen molar-refractivity contribution in [2.75, 3.05) is 41.1 Å². The van der Waals surface area contributed by atoms with Gasteiger partial charge in [-0.05, 0) is 144 Å². The van der Waals surface area contributed by atoms with E-state index in [1.54, 1.807) is 21.1 Å².